The maximum atomic E-state index is 7.04. The number of rotatable bonds is 11. The average molecular weight is 1030 g/mol. The van der Waals surface area contributed by atoms with Crippen molar-refractivity contribution < 1.29 is 4.74 Å². The van der Waals surface area contributed by atoms with Crippen molar-refractivity contribution in [2.24, 2.45) is 0 Å². The van der Waals surface area contributed by atoms with E-state index in [0.717, 1.165) is 50.8 Å². The van der Waals surface area contributed by atoms with Gasteiger partial charge in [0.15, 0.2) is 0 Å². The van der Waals surface area contributed by atoms with Crippen molar-refractivity contribution in [2.45, 2.75) is 90.9 Å². The van der Waals surface area contributed by atoms with Crippen LogP contribution in [-0.2, 0) is 21.7 Å². The molecule has 9 aromatic carbocycles. The molecule has 1 aliphatic heterocycles. The van der Waals surface area contributed by atoms with Crippen LogP contribution in [0.5, 0.6) is 11.5 Å². The van der Waals surface area contributed by atoms with Gasteiger partial charge in [-0.2, -0.15) is 0 Å². The maximum absolute atomic E-state index is 7.04. The lowest BCUT2D eigenvalue weighted by atomic mass is 9.68. The highest BCUT2D eigenvalue weighted by Crippen LogP contribution is 2.53. The van der Waals surface area contributed by atoms with Gasteiger partial charge in [0.25, 0.3) is 0 Å². The third-order valence-corrected chi connectivity index (χ3v) is 16.6. The summed E-state index contributed by atoms with van der Waals surface area (Å²) >= 11 is 0. The van der Waals surface area contributed by atoms with Gasteiger partial charge in [-0.05, 0) is 139 Å². The molecule has 11 aromatic rings. The van der Waals surface area contributed by atoms with Crippen LogP contribution in [0.15, 0.2) is 231 Å². The Hall–Kier alpha value is -8.67. The molecule has 5 nitrogen and oxygen atoms in total. The second-order valence-electron chi connectivity index (χ2n) is 24.6. The van der Waals surface area contributed by atoms with Crippen molar-refractivity contribution in [3.05, 3.63) is 264 Å². The summed E-state index contributed by atoms with van der Waals surface area (Å²) < 4.78 is 9.34. The minimum atomic E-state index is -0.345. The van der Waals surface area contributed by atoms with Gasteiger partial charge in [-0.25, -0.2) is 4.98 Å². The Morgan fingerprint density at radius 2 is 0.924 bits per heavy atom. The van der Waals surface area contributed by atoms with Crippen LogP contribution in [-0.4, -0.2) is 16.2 Å². The minimum absolute atomic E-state index is 0.0502. The molecule has 0 atom stereocenters. The van der Waals surface area contributed by atoms with Gasteiger partial charge >= 0.3 is 0 Å². The number of pyridine rings is 1. The molecule has 0 N–H and O–H groups in total. The highest BCUT2D eigenvalue weighted by Gasteiger charge is 2.39. The van der Waals surface area contributed by atoms with E-state index in [2.05, 4.69) is 308 Å². The summed E-state index contributed by atoms with van der Waals surface area (Å²) in [5.74, 6) is 2.39. The van der Waals surface area contributed by atoms with E-state index >= 15 is 0 Å². The van der Waals surface area contributed by atoms with Gasteiger partial charge in [0, 0.05) is 51.3 Å². The molecule has 0 radical (unpaired) electrons. The van der Waals surface area contributed by atoms with Crippen LogP contribution in [0.4, 0.5) is 22.7 Å². The number of hydrogen-bond donors (Lipinski definition) is 0. The van der Waals surface area contributed by atoms with E-state index in [9.17, 15) is 0 Å². The quantitative estimate of drug-likeness (QED) is 0.129. The SMILES string of the molecule is CC(C)(C)c1cc(-c2ccccc2)cc(N2CN(c3cccc(Oc4ccc5c6cc(-c7ccccc7)ccc6n(-c6cc(C(C)(C)C)ccn6)c5c4)c3)c3cc(C(C)(C)c4ccccc4)c(C(C)(C)c4ccccc4)cc32)c1. The highest BCUT2D eigenvalue weighted by atomic mass is 16.5. The molecule has 0 saturated carbocycles. The van der Waals surface area contributed by atoms with Gasteiger partial charge < -0.3 is 14.5 Å². The normalized spacial score (nSPS) is 13.1. The first kappa shape index (κ1) is 51.1. The largest absolute Gasteiger partial charge is 0.457 e. The monoisotopic (exact) mass is 1030 g/mol. The van der Waals surface area contributed by atoms with Gasteiger partial charge in [-0.3, -0.25) is 4.57 Å². The van der Waals surface area contributed by atoms with Gasteiger partial charge in [0.2, 0.25) is 0 Å². The van der Waals surface area contributed by atoms with E-state index in [1.807, 2.05) is 6.20 Å². The van der Waals surface area contributed by atoms with Crippen LogP contribution in [0, 0.1) is 0 Å². The summed E-state index contributed by atoms with van der Waals surface area (Å²) in [4.78, 5) is 10.0. The number of ether oxygens (including phenoxy) is 1. The Balaban J connectivity index is 1.01. The fourth-order valence-corrected chi connectivity index (χ4v) is 11.8. The first-order valence-electron chi connectivity index (χ1n) is 27.9. The Morgan fingerprint density at radius 3 is 1.52 bits per heavy atom. The standard InChI is InChI=1S/C74H70N4O/c1-71(2,3)56-38-39-75-70(44-56)78-66-37-34-52(50-24-15-11-16-25-50)42-63(66)62-36-35-61(46-67(62)78)79-60-33-23-32-58(45-60)76-49-77(59-41-53(51-26-17-12-18-27-51)40-57(43-59)72(4,5)6)69-48-65(74(9,10)55-30-21-14-22-31-55)64(47-68(69)76)73(7,8)54-28-19-13-20-29-54/h11-48H,49H2,1-10H3. The molecule has 2 aromatic heterocycles. The Morgan fingerprint density at radius 1 is 0.367 bits per heavy atom. The zero-order chi connectivity index (χ0) is 54.8. The van der Waals surface area contributed by atoms with Gasteiger partial charge in [0.1, 0.15) is 24.0 Å². The molecule has 392 valence electrons. The lowest BCUT2D eigenvalue weighted by Gasteiger charge is -2.36. The number of hydrogen-bond acceptors (Lipinski definition) is 4. The molecule has 0 bridgehead atoms. The van der Waals surface area contributed by atoms with Crippen molar-refractivity contribution >= 4 is 44.6 Å². The molecular formula is C74H70N4O. The van der Waals surface area contributed by atoms with Crippen LogP contribution in [0.2, 0.25) is 0 Å². The van der Waals surface area contributed by atoms with Crippen LogP contribution in [0.25, 0.3) is 49.9 Å². The number of anilines is 4. The zero-order valence-electron chi connectivity index (χ0n) is 47.3. The fourth-order valence-electron chi connectivity index (χ4n) is 11.8. The third-order valence-electron chi connectivity index (χ3n) is 16.6. The van der Waals surface area contributed by atoms with Crippen molar-refractivity contribution in [3.8, 4) is 39.6 Å². The van der Waals surface area contributed by atoms with E-state index in [4.69, 9.17) is 9.72 Å². The summed E-state index contributed by atoms with van der Waals surface area (Å²) in [7, 11) is 0. The molecule has 0 fully saturated rings. The second kappa shape index (κ2) is 19.7. The summed E-state index contributed by atoms with van der Waals surface area (Å²) in [6, 6.07) is 81.9. The van der Waals surface area contributed by atoms with E-state index < -0.39 is 0 Å². The highest BCUT2D eigenvalue weighted by molar-refractivity contribution is 6.10. The second-order valence-corrected chi connectivity index (χ2v) is 24.6. The summed E-state index contributed by atoms with van der Waals surface area (Å²) in [6.07, 6.45) is 1.94. The summed E-state index contributed by atoms with van der Waals surface area (Å²) in [5.41, 5.74) is 18.2. The Kier molecular flexibility index (Phi) is 12.7. The number of fused-ring (bicyclic) bond motifs is 4. The molecule has 0 aliphatic carbocycles. The first-order valence-corrected chi connectivity index (χ1v) is 27.9. The number of aromatic nitrogens is 2. The van der Waals surface area contributed by atoms with E-state index in [0.29, 0.717) is 6.67 Å². The minimum Gasteiger partial charge on any atom is -0.457 e. The van der Waals surface area contributed by atoms with Gasteiger partial charge in [0.05, 0.1) is 22.4 Å². The lowest BCUT2D eigenvalue weighted by molar-refractivity contribution is 0.483. The van der Waals surface area contributed by atoms with Crippen molar-refractivity contribution in [1.82, 2.24) is 9.55 Å². The topological polar surface area (TPSA) is 33.5 Å². The number of nitrogens with zero attached hydrogens (tertiary/aromatic N) is 4. The smallest absolute Gasteiger partial charge is 0.137 e. The summed E-state index contributed by atoms with van der Waals surface area (Å²) in [6.45, 7) is 23.8. The molecule has 5 heteroatoms. The molecular weight excluding hydrogens is 961 g/mol. The Bertz CT molecular complexity index is 4030. The predicted molar refractivity (Wildman–Crippen MR) is 333 cm³/mol. The molecule has 0 amide bonds. The van der Waals surface area contributed by atoms with Crippen LogP contribution < -0.4 is 14.5 Å². The predicted octanol–water partition coefficient (Wildman–Crippen LogP) is 19.8. The lowest BCUT2D eigenvalue weighted by Crippen LogP contribution is -2.28. The number of benzene rings is 9. The molecule has 0 saturated heterocycles. The third kappa shape index (κ3) is 9.56. The van der Waals surface area contributed by atoms with Crippen LogP contribution in [0.1, 0.15) is 103 Å². The molecule has 0 unspecified atom stereocenters. The van der Waals surface area contributed by atoms with Crippen LogP contribution >= 0.6 is 0 Å². The van der Waals surface area contributed by atoms with E-state index in [1.165, 1.54) is 66.7 Å². The molecule has 1 aliphatic rings. The van der Waals surface area contributed by atoms with Gasteiger partial charge in [-0.15, -0.1) is 0 Å². The first-order chi connectivity index (χ1) is 37.9. The molecule has 3 heterocycles. The van der Waals surface area contributed by atoms with Crippen LogP contribution in [0.3, 0.4) is 0 Å². The van der Waals surface area contributed by atoms with E-state index in [-0.39, 0.29) is 21.7 Å². The molecule has 0 spiro atoms. The maximum Gasteiger partial charge on any atom is 0.137 e. The van der Waals surface area contributed by atoms with Gasteiger partial charge in [-0.1, -0.05) is 209 Å². The zero-order valence-corrected chi connectivity index (χ0v) is 47.3. The van der Waals surface area contributed by atoms with E-state index in [1.54, 1.807) is 0 Å². The van der Waals surface area contributed by atoms with Crippen molar-refractivity contribution in [1.29, 1.82) is 0 Å². The molecule has 12 rings (SSSR count). The van der Waals surface area contributed by atoms with Crippen molar-refractivity contribution in [2.75, 3.05) is 16.5 Å². The Labute approximate surface area is 467 Å². The summed E-state index contributed by atoms with van der Waals surface area (Å²) in [5, 5.41) is 2.31. The average Bonchev–Trinajstić information content (AvgIpc) is 4.22. The fraction of sp³-hybridized carbons (Fsp3) is 0.203. The molecule has 79 heavy (non-hydrogen) atoms. The van der Waals surface area contributed by atoms with Crippen molar-refractivity contribution in [3.63, 3.8) is 0 Å².